The highest BCUT2D eigenvalue weighted by molar-refractivity contribution is 5.84. The minimum Gasteiger partial charge on any atom is -0.207 e. The topological polar surface area (TPSA) is 0 Å². The van der Waals surface area contributed by atoms with Gasteiger partial charge in [0.25, 0.3) is 0 Å². The molecule has 0 radical (unpaired) electrons. The van der Waals surface area contributed by atoms with E-state index in [4.69, 9.17) is 0 Å². The molecule has 0 nitrogen and oxygen atoms in total. The third-order valence-electron chi connectivity index (χ3n) is 5.14. The number of unbranched alkanes of at least 4 members (excludes halogenated alkanes) is 1. The SMILES string of the molecule is CCCCc1ccc(-c2ccc(C#Cc3ccc4cc(F)ccc4c3)cc2)cc1. The minimum atomic E-state index is -0.216. The van der Waals surface area contributed by atoms with Gasteiger partial charge in [-0.2, -0.15) is 0 Å². The van der Waals surface area contributed by atoms with Crippen molar-refractivity contribution < 1.29 is 4.39 Å². The molecule has 0 atom stereocenters. The standard InChI is InChI=1S/C28H23F/c1-2-3-4-21-7-12-24(13-8-21)25-14-9-22(10-15-25)5-6-23-11-16-27-20-28(29)18-17-26(27)19-23/h7-20H,2-4H2,1H3. The highest BCUT2D eigenvalue weighted by Gasteiger charge is 1.99. The first kappa shape index (κ1) is 19.0. The second-order valence-electron chi connectivity index (χ2n) is 7.33. The highest BCUT2D eigenvalue weighted by Crippen LogP contribution is 2.21. The van der Waals surface area contributed by atoms with Crippen LogP contribution in [0.2, 0.25) is 0 Å². The summed E-state index contributed by atoms with van der Waals surface area (Å²) in [4.78, 5) is 0. The van der Waals surface area contributed by atoms with E-state index in [0.29, 0.717) is 0 Å². The molecule has 4 aromatic rings. The van der Waals surface area contributed by atoms with Crippen LogP contribution >= 0.6 is 0 Å². The van der Waals surface area contributed by atoms with Crippen LogP contribution < -0.4 is 0 Å². The third kappa shape index (κ3) is 4.73. The quantitative estimate of drug-likeness (QED) is 0.325. The van der Waals surface area contributed by atoms with Crippen molar-refractivity contribution in [3.63, 3.8) is 0 Å². The summed E-state index contributed by atoms with van der Waals surface area (Å²) in [5, 5.41) is 1.89. The number of hydrogen-bond acceptors (Lipinski definition) is 0. The zero-order chi connectivity index (χ0) is 20.1. The first-order chi connectivity index (χ1) is 14.2. The summed E-state index contributed by atoms with van der Waals surface area (Å²) >= 11 is 0. The van der Waals surface area contributed by atoms with Gasteiger partial charge in [-0.15, -0.1) is 0 Å². The van der Waals surface area contributed by atoms with Crippen LogP contribution in [0, 0.1) is 17.7 Å². The number of halogens is 1. The van der Waals surface area contributed by atoms with Crippen molar-refractivity contribution in [3.8, 4) is 23.0 Å². The van der Waals surface area contributed by atoms with E-state index < -0.39 is 0 Å². The lowest BCUT2D eigenvalue weighted by atomic mass is 10.0. The molecule has 0 fully saturated rings. The molecule has 0 saturated carbocycles. The van der Waals surface area contributed by atoms with Gasteiger partial charge in [-0.3, -0.25) is 0 Å². The van der Waals surface area contributed by atoms with Crippen LogP contribution in [0.15, 0.2) is 84.9 Å². The van der Waals surface area contributed by atoms with Gasteiger partial charge in [0.2, 0.25) is 0 Å². The summed E-state index contributed by atoms with van der Waals surface area (Å²) in [5.74, 6) is 6.22. The average Bonchev–Trinajstić information content (AvgIpc) is 2.77. The molecule has 0 aliphatic rings. The maximum absolute atomic E-state index is 13.3. The molecule has 1 heteroatoms. The van der Waals surface area contributed by atoms with Crippen molar-refractivity contribution in [1.82, 2.24) is 0 Å². The van der Waals surface area contributed by atoms with E-state index in [9.17, 15) is 4.39 Å². The van der Waals surface area contributed by atoms with Gasteiger partial charge in [0, 0.05) is 11.1 Å². The Balaban J connectivity index is 1.49. The van der Waals surface area contributed by atoms with E-state index in [1.165, 1.54) is 35.6 Å². The Morgan fingerprint density at radius 3 is 1.97 bits per heavy atom. The molecule has 29 heavy (non-hydrogen) atoms. The molecular formula is C28H23F. The minimum absolute atomic E-state index is 0.216. The van der Waals surface area contributed by atoms with E-state index in [0.717, 1.165) is 28.3 Å². The predicted molar refractivity (Wildman–Crippen MR) is 120 cm³/mol. The van der Waals surface area contributed by atoms with Crippen molar-refractivity contribution >= 4 is 10.8 Å². The number of benzene rings is 4. The van der Waals surface area contributed by atoms with Crippen molar-refractivity contribution in [2.75, 3.05) is 0 Å². The maximum Gasteiger partial charge on any atom is 0.123 e. The molecule has 0 aliphatic heterocycles. The van der Waals surface area contributed by atoms with Gasteiger partial charge in [-0.05, 0) is 76.7 Å². The molecule has 0 spiro atoms. The summed E-state index contributed by atoms with van der Waals surface area (Å²) in [7, 11) is 0. The summed E-state index contributed by atoms with van der Waals surface area (Å²) in [5.41, 5.74) is 5.73. The molecule has 0 saturated heterocycles. The monoisotopic (exact) mass is 378 g/mol. The van der Waals surface area contributed by atoms with Crippen LogP contribution in [-0.2, 0) is 6.42 Å². The van der Waals surface area contributed by atoms with E-state index in [-0.39, 0.29) is 5.82 Å². The smallest absolute Gasteiger partial charge is 0.123 e. The van der Waals surface area contributed by atoms with E-state index in [2.05, 4.69) is 67.3 Å². The highest BCUT2D eigenvalue weighted by atomic mass is 19.1. The van der Waals surface area contributed by atoms with Crippen LogP contribution in [0.1, 0.15) is 36.5 Å². The van der Waals surface area contributed by atoms with E-state index >= 15 is 0 Å². The molecule has 0 aliphatic carbocycles. The molecule has 4 aromatic carbocycles. The lowest BCUT2D eigenvalue weighted by molar-refractivity contribution is 0.630. The Bertz CT molecular complexity index is 1170. The van der Waals surface area contributed by atoms with Gasteiger partial charge >= 0.3 is 0 Å². The lowest BCUT2D eigenvalue weighted by Gasteiger charge is -2.04. The van der Waals surface area contributed by atoms with Gasteiger partial charge in [-0.25, -0.2) is 4.39 Å². The summed E-state index contributed by atoms with van der Waals surface area (Å²) in [6.45, 7) is 2.22. The van der Waals surface area contributed by atoms with Crippen LogP contribution in [-0.4, -0.2) is 0 Å². The van der Waals surface area contributed by atoms with E-state index in [1.807, 2.05) is 18.2 Å². The zero-order valence-electron chi connectivity index (χ0n) is 16.6. The van der Waals surface area contributed by atoms with Crippen molar-refractivity contribution in [2.24, 2.45) is 0 Å². The maximum atomic E-state index is 13.3. The van der Waals surface area contributed by atoms with Crippen LogP contribution in [0.3, 0.4) is 0 Å². The number of rotatable bonds is 4. The molecule has 4 rings (SSSR count). The van der Waals surface area contributed by atoms with Gasteiger partial charge in [0.1, 0.15) is 5.82 Å². The van der Waals surface area contributed by atoms with Crippen LogP contribution in [0.4, 0.5) is 4.39 Å². The molecular weight excluding hydrogens is 355 g/mol. The molecule has 0 heterocycles. The molecule has 0 aromatic heterocycles. The molecule has 0 bridgehead atoms. The Hall–Kier alpha value is -3.37. The first-order valence-corrected chi connectivity index (χ1v) is 10.1. The van der Waals surface area contributed by atoms with Gasteiger partial charge in [-0.1, -0.05) is 73.7 Å². The third-order valence-corrected chi connectivity index (χ3v) is 5.14. The van der Waals surface area contributed by atoms with Gasteiger partial charge < -0.3 is 0 Å². The fourth-order valence-corrected chi connectivity index (χ4v) is 3.43. The second-order valence-corrected chi connectivity index (χ2v) is 7.33. The molecule has 0 N–H and O–H groups in total. The molecule has 0 unspecified atom stereocenters. The Kier molecular flexibility index (Phi) is 5.73. The van der Waals surface area contributed by atoms with Crippen molar-refractivity contribution in [3.05, 3.63) is 107 Å². The Morgan fingerprint density at radius 1 is 0.655 bits per heavy atom. The van der Waals surface area contributed by atoms with Crippen LogP contribution in [0.25, 0.3) is 21.9 Å². The summed E-state index contributed by atoms with van der Waals surface area (Å²) in [6.07, 6.45) is 3.61. The fourth-order valence-electron chi connectivity index (χ4n) is 3.43. The van der Waals surface area contributed by atoms with Gasteiger partial charge in [0.05, 0.1) is 0 Å². The molecule has 142 valence electrons. The second kappa shape index (κ2) is 8.76. The number of fused-ring (bicyclic) bond motifs is 1. The number of aryl methyl sites for hydroxylation is 1. The molecule has 0 amide bonds. The first-order valence-electron chi connectivity index (χ1n) is 10.1. The largest absolute Gasteiger partial charge is 0.207 e. The average molecular weight is 378 g/mol. The summed E-state index contributed by atoms with van der Waals surface area (Å²) < 4.78 is 13.3. The zero-order valence-corrected chi connectivity index (χ0v) is 16.6. The number of hydrogen-bond donors (Lipinski definition) is 0. The lowest BCUT2D eigenvalue weighted by Crippen LogP contribution is -1.85. The van der Waals surface area contributed by atoms with Gasteiger partial charge in [0.15, 0.2) is 0 Å². The summed E-state index contributed by atoms with van der Waals surface area (Å²) in [6, 6.07) is 27.9. The van der Waals surface area contributed by atoms with Crippen molar-refractivity contribution in [1.29, 1.82) is 0 Å². The predicted octanol–water partition coefficient (Wildman–Crippen LogP) is 7.39. The van der Waals surface area contributed by atoms with Crippen LogP contribution in [0.5, 0.6) is 0 Å². The fraction of sp³-hybridized carbons (Fsp3) is 0.143. The van der Waals surface area contributed by atoms with E-state index in [1.54, 1.807) is 12.1 Å². The van der Waals surface area contributed by atoms with Crippen molar-refractivity contribution in [2.45, 2.75) is 26.2 Å². The normalized spacial score (nSPS) is 10.6. The Labute approximate surface area is 172 Å². The Morgan fingerprint density at radius 2 is 1.24 bits per heavy atom.